The number of methoxy groups -OCH3 is 1. The number of carbonyl (C=O) groups excluding carboxylic acids is 1. The molecule has 2 aromatic heterocycles. The third kappa shape index (κ3) is 4.34. The number of nitrogens with zero attached hydrogens (tertiary/aromatic N) is 3. The maximum atomic E-state index is 12.3. The number of ether oxygens (including phenoxy) is 2. The first-order valence-corrected chi connectivity index (χ1v) is 10.3. The molecule has 2 aromatic carbocycles. The van der Waals surface area contributed by atoms with Crippen LogP contribution in [0.1, 0.15) is 5.56 Å². The number of carbonyl (C=O) groups is 1. The standard InChI is InChI=1S/C20H15BrN4O4S/c1-28-16-7-12(8-17-19(27)25-20(30-17)22-11-23-25)5-6-15(16)29-10-18(26)24-14-4-2-3-13(21)9-14/h2-9,11H,10H2,1H3,(H,24,26)/b17-8-. The monoisotopic (exact) mass is 486 g/mol. The number of nitrogens with one attached hydrogen (secondary N) is 1. The lowest BCUT2D eigenvalue weighted by atomic mass is 10.2. The molecule has 0 atom stereocenters. The number of benzene rings is 2. The van der Waals surface area contributed by atoms with Gasteiger partial charge in [0.25, 0.3) is 11.5 Å². The highest BCUT2D eigenvalue weighted by atomic mass is 79.9. The highest BCUT2D eigenvalue weighted by molar-refractivity contribution is 9.10. The van der Waals surface area contributed by atoms with Crippen LogP contribution in [0.15, 0.2) is 58.1 Å². The molecule has 8 nitrogen and oxygen atoms in total. The second kappa shape index (κ2) is 8.64. The summed E-state index contributed by atoms with van der Waals surface area (Å²) in [6.45, 7) is -0.176. The van der Waals surface area contributed by atoms with Gasteiger partial charge in [0.15, 0.2) is 18.1 Å². The van der Waals surface area contributed by atoms with E-state index in [-0.39, 0.29) is 18.1 Å². The number of thiazole rings is 1. The minimum Gasteiger partial charge on any atom is -0.493 e. The highest BCUT2D eigenvalue weighted by Crippen LogP contribution is 2.28. The Labute approximate surface area is 182 Å². The quantitative estimate of drug-likeness (QED) is 0.449. The summed E-state index contributed by atoms with van der Waals surface area (Å²) < 4.78 is 13.6. The second-order valence-electron chi connectivity index (χ2n) is 6.13. The van der Waals surface area contributed by atoms with Gasteiger partial charge in [0, 0.05) is 10.2 Å². The molecule has 4 aromatic rings. The molecule has 1 N–H and O–H groups in total. The third-order valence-corrected chi connectivity index (χ3v) is 5.54. The van der Waals surface area contributed by atoms with Crippen LogP contribution in [-0.2, 0) is 4.79 Å². The summed E-state index contributed by atoms with van der Waals surface area (Å²) in [5.41, 5.74) is 1.19. The number of hydrogen-bond donors (Lipinski definition) is 1. The largest absolute Gasteiger partial charge is 0.493 e. The average molecular weight is 487 g/mol. The number of fused-ring (bicyclic) bond motifs is 1. The molecule has 30 heavy (non-hydrogen) atoms. The smallest absolute Gasteiger partial charge is 0.291 e. The van der Waals surface area contributed by atoms with Crippen molar-refractivity contribution in [2.45, 2.75) is 0 Å². The van der Waals surface area contributed by atoms with Crippen LogP contribution in [-0.4, -0.2) is 34.2 Å². The second-order valence-corrected chi connectivity index (χ2v) is 8.05. The first-order valence-electron chi connectivity index (χ1n) is 8.74. The van der Waals surface area contributed by atoms with Crippen molar-refractivity contribution in [3.05, 3.63) is 73.7 Å². The van der Waals surface area contributed by atoms with Crippen LogP contribution in [0.2, 0.25) is 0 Å². The van der Waals surface area contributed by atoms with Crippen molar-refractivity contribution in [2.75, 3.05) is 19.0 Å². The summed E-state index contributed by atoms with van der Waals surface area (Å²) in [7, 11) is 1.51. The molecule has 10 heteroatoms. The minimum atomic E-state index is -0.295. The molecule has 0 bridgehead atoms. The fourth-order valence-electron chi connectivity index (χ4n) is 2.73. The molecule has 2 heterocycles. The Balaban J connectivity index is 1.49. The Morgan fingerprint density at radius 2 is 2.13 bits per heavy atom. The van der Waals surface area contributed by atoms with Crippen molar-refractivity contribution in [1.29, 1.82) is 0 Å². The van der Waals surface area contributed by atoms with Crippen LogP contribution >= 0.6 is 27.3 Å². The molecule has 0 aliphatic rings. The Morgan fingerprint density at radius 3 is 2.90 bits per heavy atom. The van der Waals surface area contributed by atoms with Gasteiger partial charge in [-0.2, -0.15) is 9.61 Å². The molecular weight excluding hydrogens is 472 g/mol. The fourth-order valence-corrected chi connectivity index (χ4v) is 4.01. The first-order chi connectivity index (χ1) is 14.5. The van der Waals surface area contributed by atoms with E-state index in [9.17, 15) is 9.59 Å². The molecule has 152 valence electrons. The van der Waals surface area contributed by atoms with E-state index in [1.807, 2.05) is 12.1 Å². The van der Waals surface area contributed by atoms with Crippen LogP contribution in [0.5, 0.6) is 11.5 Å². The van der Waals surface area contributed by atoms with Gasteiger partial charge in [-0.15, -0.1) is 0 Å². The normalized spacial score (nSPS) is 11.6. The molecule has 0 fully saturated rings. The van der Waals surface area contributed by atoms with E-state index in [1.165, 1.54) is 29.3 Å². The number of hydrogen-bond acceptors (Lipinski definition) is 7. The van der Waals surface area contributed by atoms with E-state index in [4.69, 9.17) is 9.47 Å². The van der Waals surface area contributed by atoms with E-state index in [2.05, 4.69) is 31.3 Å². The van der Waals surface area contributed by atoms with Gasteiger partial charge in [0.05, 0.1) is 11.6 Å². The van der Waals surface area contributed by atoms with Gasteiger partial charge in [0.2, 0.25) is 4.96 Å². The van der Waals surface area contributed by atoms with Crippen molar-refractivity contribution in [3.63, 3.8) is 0 Å². The number of anilines is 1. The zero-order valence-electron chi connectivity index (χ0n) is 15.7. The molecule has 0 saturated carbocycles. The fraction of sp³-hybridized carbons (Fsp3) is 0.100. The molecule has 0 aliphatic carbocycles. The summed E-state index contributed by atoms with van der Waals surface area (Å²) in [5.74, 6) is 0.575. The van der Waals surface area contributed by atoms with Crippen LogP contribution in [0, 0.1) is 0 Å². The predicted molar refractivity (Wildman–Crippen MR) is 117 cm³/mol. The van der Waals surface area contributed by atoms with E-state index in [1.54, 1.807) is 36.4 Å². The van der Waals surface area contributed by atoms with Gasteiger partial charge >= 0.3 is 0 Å². The minimum absolute atomic E-state index is 0.176. The van der Waals surface area contributed by atoms with Crippen LogP contribution in [0.4, 0.5) is 5.69 Å². The predicted octanol–water partition coefficient (Wildman–Crippen LogP) is 2.49. The Bertz CT molecular complexity index is 1330. The topological polar surface area (TPSA) is 94.8 Å². The number of rotatable bonds is 6. The first kappa shape index (κ1) is 20.0. The Hall–Kier alpha value is -3.24. The number of amides is 1. The van der Waals surface area contributed by atoms with E-state index in [0.717, 1.165) is 10.0 Å². The lowest BCUT2D eigenvalue weighted by Crippen LogP contribution is -2.23. The van der Waals surface area contributed by atoms with Crippen molar-refractivity contribution < 1.29 is 14.3 Å². The lowest BCUT2D eigenvalue weighted by molar-refractivity contribution is -0.118. The highest BCUT2D eigenvalue weighted by Gasteiger charge is 2.10. The molecule has 4 rings (SSSR count). The van der Waals surface area contributed by atoms with Crippen molar-refractivity contribution in [1.82, 2.24) is 14.6 Å². The summed E-state index contributed by atoms with van der Waals surface area (Å²) in [6, 6.07) is 12.5. The molecular formula is C20H15BrN4O4S. The van der Waals surface area contributed by atoms with Crippen LogP contribution in [0.3, 0.4) is 0 Å². The molecule has 0 saturated heterocycles. The number of halogens is 1. The Kier molecular flexibility index (Phi) is 5.77. The van der Waals surface area contributed by atoms with Crippen molar-refractivity contribution >= 4 is 49.9 Å². The van der Waals surface area contributed by atoms with Gasteiger partial charge in [-0.05, 0) is 42.0 Å². The van der Waals surface area contributed by atoms with Crippen molar-refractivity contribution in [2.24, 2.45) is 0 Å². The van der Waals surface area contributed by atoms with Gasteiger partial charge in [-0.25, -0.2) is 4.98 Å². The average Bonchev–Trinajstić information content (AvgIpc) is 3.30. The van der Waals surface area contributed by atoms with Gasteiger partial charge in [-0.1, -0.05) is 39.4 Å². The third-order valence-electron chi connectivity index (χ3n) is 4.07. The summed E-state index contributed by atoms with van der Waals surface area (Å²) in [4.78, 5) is 29.0. The van der Waals surface area contributed by atoms with E-state index < -0.39 is 0 Å². The van der Waals surface area contributed by atoms with Crippen molar-refractivity contribution in [3.8, 4) is 11.5 Å². The Morgan fingerprint density at radius 1 is 1.27 bits per heavy atom. The van der Waals surface area contributed by atoms with Gasteiger partial charge in [-0.3, -0.25) is 9.59 Å². The summed E-state index contributed by atoms with van der Waals surface area (Å²) in [5, 5.41) is 6.66. The SMILES string of the molecule is COc1cc(/C=c2\sc3ncnn3c2=O)ccc1OCC(=O)Nc1cccc(Br)c1. The van der Waals surface area contributed by atoms with E-state index in [0.29, 0.717) is 26.7 Å². The molecule has 0 radical (unpaired) electrons. The van der Waals surface area contributed by atoms with Crippen LogP contribution in [0.25, 0.3) is 11.0 Å². The zero-order chi connectivity index (χ0) is 21.1. The summed E-state index contributed by atoms with van der Waals surface area (Å²) in [6.07, 6.45) is 3.08. The lowest BCUT2D eigenvalue weighted by Gasteiger charge is -2.11. The molecule has 0 unspecified atom stereocenters. The molecule has 0 aliphatic heterocycles. The summed E-state index contributed by atoms with van der Waals surface area (Å²) >= 11 is 4.61. The molecule has 1 amide bonds. The van der Waals surface area contributed by atoms with Crippen LogP contribution < -0.4 is 24.9 Å². The van der Waals surface area contributed by atoms with Gasteiger partial charge in [0.1, 0.15) is 6.33 Å². The zero-order valence-corrected chi connectivity index (χ0v) is 18.1. The maximum absolute atomic E-state index is 12.3. The number of aromatic nitrogens is 3. The molecule has 0 spiro atoms. The maximum Gasteiger partial charge on any atom is 0.291 e. The van der Waals surface area contributed by atoms with E-state index >= 15 is 0 Å². The van der Waals surface area contributed by atoms with Gasteiger partial charge < -0.3 is 14.8 Å².